The Bertz CT molecular complexity index is 377. The van der Waals surface area contributed by atoms with Gasteiger partial charge < -0.3 is 9.47 Å². The second-order valence-electron chi connectivity index (χ2n) is 7.08. The average molecular weight is 294 g/mol. The van der Waals surface area contributed by atoms with Crippen LogP contribution in [0.25, 0.3) is 0 Å². The van der Waals surface area contributed by atoms with Crippen LogP contribution in [-0.2, 0) is 14.3 Å². The first-order valence-corrected chi connectivity index (χ1v) is 8.42. The fourth-order valence-corrected chi connectivity index (χ4v) is 4.34. The van der Waals surface area contributed by atoms with Crippen molar-refractivity contribution in [1.29, 1.82) is 0 Å². The van der Waals surface area contributed by atoms with Crippen LogP contribution in [0.4, 0.5) is 0 Å². The number of esters is 1. The molecule has 3 heteroatoms. The Labute approximate surface area is 129 Å². The van der Waals surface area contributed by atoms with Crippen molar-refractivity contribution in [3.05, 3.63) is 12.7 Å². The maximum absolute atomic E-state index is 11.0. The zero-order chi connectivity index (χ0) is 15.5. The monoisotopic (exact) mass is 294 g/mol. The van der Waals surface area contributed by atoms with Crippen LogP contribution in [0, 0.1) is 23.7 Å². The maximum atomic E-state index is 11.0. The maximum Gasteiger partial charge on any atom is 0.330 e. The van der Waals surface area contributed by atoms with Gasteiger partial charge in [-0.3, -0.25) is 0 Å². The molecular weight excluding hydrogens is 264 g/mol. The van der Waals surface area contributed by atoms with Gasteiger partial charge in [0, 0.05) is 6.08 Å². The molecule has 3 nitrogen and oxygen atoms in total. The van der Waals surface area contributed by atoms with Crippen LogP contribution in [0.2, 0.25) is 0 Å². The first kappa shape index (κ1) is 16.5. The fraction of sp³-hybridized carbons (Fsp3) is 0.833. The highest BCUT2D eigenvalue weighted by atomic mass is 16.6. The minimum Gasteiger partial charge on any atom is -0.460 e. The van der Waals surface area contributed by atoms with Crippen LogP contribution in [0.15, 0.2) is 12.7 Å². The van der Waals surface area contributed by atoms with Gasteiger partial charge in [-0.25, -0.2) is 4.79 Å². The SMILES string of the molecule is C=CC(=O)OCCOC(C)(CC)CC1C2CCC(C2)C1C. The van der Waals surface area contributed by atoms with E-state index in [1.165, 1.54) is 25.3 Å². The van der Waals surface area contributed by atoms with Crippen LogP contribution < -0.4 is 0 Å². The number of fused-ring (bicyclic) bond motifs is 2. The highest BCUT2D eigenvalue weighted by Crippen LogP contribution is 2.54. The van der Waals surface area contributed by atoms with E-state index in [2.05, 4.69) is 27.4 Å². The Morgan fingerprint density at radius 1 is 1.33 bits per heavy atom. The number of rotatable bonds is 8. The molecule has 0 aromatic rings. The molecule has 0 spiro atoms. The topological polar surface area (TPSA) is 35.5 Å². The van der Waals surface area contributed by atoms with E-state index < -0.39 is 0 Å². The zero-order valence-electron chi connectivity index (χ0n) is 13.8. The van der Waals surface area contributed by atoms with E-state index in [1.807, 2.05) is 0 Å². The van der Waals surface area contributed by atoms with E-state index in [-0.39, 0.29) is 11.6 Å². The van der Waals surface area contributed by atoms with E-state index in [0.717, 1.165) is 36.5 Å². The first-order chi connectivity index (χ1) is 9.99. The molecule has 21 heavy (non-hydrogen) atoms. The van der Waals surface area contributed by atoms with Gasteiger partial charge in [-0.05, 0) is 62.7 Å². The second kappa shape index (κ2) is 6.95. The van der Waals surface area contributed by atoms with Gasteiger partial charge in [0.2, 0.25) is 0 Å². The second-order valence-corrected chi connectivity index (χ2v) is 7.08. The molecule has 0 saturated heterocycles. The summed E-state index contributed by atoms with van der Waals surface area (Å²) in [6.07, 6.45) is 7.61. The van der Waals surface area contributed by atoms with E-state index in [0.29, 0.717) is 13.2 Å². The largest absolute Gasteiger partial charge is 0.460 e. The van der Waals surface area contributed by atoms with Crippen LogP contribution in [0.1, 0.15) is 52.9 Å². The molecule has 2 saturated carbocycles. The Kier molecular flexibility index (Phi) is 5.48. The highest BCUT2D eigenvalue weighted by molar-refractivity contribution is 5.81. The lowest BCUT2D eigenvalue weighted by Gasteiger charge is -2.37. The van der Waals surface area contributed by atoms with E-state index in [9.17, 15) is 4.79 Å². The van der Waals surface area contributed by atoms with Crippen molar-refractivity contribution in [3.63, 3.8) is 0 Å². The van der Waals surface area contributed by atoms with Crippen molar-refractivity contribution in [2.75, 3.05) is 13.2 Å². The summed E-state index contributed by atoms with van der Waals surface area (Å²) in [6.45, 7) is 11.0. The summed E-state index contributed by atoms with van der Waals surface area (Å²) in [4.78, 5) is 11.0. The minimum absolute atomic E-state index is 0.0933. The quantitative estimate of drug-likeness (QED) is 0.386. The predicted octanol–water partition coefficient (Wildman–Crippen LogP) is 3.97. The van der Waals surface area contributed by atoms with Crippen molar-refractivity contribution in [3.8, 4) is 0 Å². The molecule has 120 valence electrons. The standard InChI is InChI=1S/C18H30O3/c1-5-17(19)20-9-10-21-18(4,6-2)12-16-13(3)14-7-8-15(16)11-14/h5,13-16H,1,6-12H2,2-4H3. The normalized spacial score (nSPS) is 33.7. The van der Waals surface area contributed by atoms with Crippen LogP contribution in [-0.4, -0.2) is 24.8 Å². The molecule has 2 bridgehead atoms. The van der Waals surface area contributed by atoms with Gasteiger partial charge in [0.1, 0.15) is 6.61 Å². The van der Waals surface area contributed by atoms with Gasteiger partial charge in [0.25, 0.3) is 0 Å². The number of hydrogen-bond acceptors (Lipinski definition) is 3. The van der Waals surface area contributed by atoms with Gasteiger partial charge in [-0.1, -0.05) is 20.4 Å². The van der Waals surface area contributed by atoms with E-state index in [4.69, 9.17) is 9.47 Å². The zero-order valence-corrected chi connectivity index (χ0v) is 13.8. The molecule has 2 aliphatic rings. The van der Waals surface area contributed by atoms with Crippen molar-refractivity contribution in [2.24, 2.45) is 23.7 Å². The van der Waals surface area contributed by atoms with E-state index >= 15 is 0 Å². The Balaban J connectivity index is 1.80. The summed E-state index contributed by atoms with van der Waals surface area (Å²) < 4.78 is 11.1. The van der Waals surface area contributed by atoms with Crippen LogP contribution in [0.5, 0.6) is 0 Å². The van der Waals surface area contributed by atoms with Gasteiger partial charge in [-0.15, -0.1) is 0 Å². The Morgan fingerprint density at radius 2 is 2.05 bits per heavy atom. The van der Waals surface area contributed by atoms with Gasteiger partial charge in [0.05, 0.1) is 12.2 Å². The molecule has 2 rings (SSSR count). The average Bonchev–Trinajstić information content (AvgIpc) is 3.07. The van der Waals surface area contributed by atoms with Gasteiger partial charge in [-0.2, -0.15) is 0 Å². The van der Waals surface area contributed by atoms with Crippen LogP contribution in [0.3, 0.4) is 0 Å². The first-order valence-electron chi connectivity index (χ1n) is 8.42. The summed E-state index contributed by atoms with van der Waals surface area (Å²) in [5.41, 5.74) is -0.0933. The van der Waals surface area contributed by atoms with Crippen molar-refractivity contribution >= 4 is 5.97 Å². The summed E-state index contributed by atoms with van der Waals surface area (Å²) in [5, 5.41) is 0. The number of ether oxygens (including phenoxy) is 2. The fourth-order valence-electron chi connectivity index (χ4n) is 4.34. The van der Waals surface area contributed by atoms with Gasteiger partial charge >= 0.3 is 5.97 Å². The molecule has 2 aliphatic carbocycles. The molecule has 0 radical (unpaired) electrons. The lowest BCUT2D eigenvalue weighted by atomic mass is 9.74. The number of hydrogen-bond donors (Lipinski definition) is 0. The molecule has 5 atom stereocenters. The third-order valence-electron chi connectivity index (χ3n) is 5.90. The van der Waals surface area contributed by atoms with Crippen molar-refractivity contribution < 1.29 is 14.3 Å². The Hall–Kier alpha value is -0.830. The molecular formula is C18H30O3. The van der Waals surface area contributed by atoms with E-state index in [1.54, 1.807) is 0 Å². The lowest BCUT2D eigenvalue weighted by molar-refractivity contribution is -0.142. The number of carbonyl (C=O) groups excluding carboxylic acids is 1. The van der Waals surface area contributed by atoms with Crippen molar-refractivity contribution in [1.82, 2.24) is 0 Å². The molecule has 0 aromatic carbocycles. The molecule has 0 N–H and O–H groups in total. The highest BCUT2D eigenvalue weighted by Gasteiger charge is 2.47. The minimum atomic E-state index is -0.376. The third kappa shape index (κ3) is 3.88. The summed E-state index contributed by atoms with van der Waals surface area (Å²) in [6, 6.07) is 0. The Morgan fingerprint density at radius 3 is 2.62 bits per heavy atom. The lowest BCUT2D eigenvalue weighted by Crippen LogP contribution is -2.35. The molecule has 2 fully saturated rings. The smallest absolute Gasteiger partial charge is 0.330 e. The summed E-state index contributed by atoms with van der Waals surface area (Å²) >= 11 is 0. The van der Waals surface area contributed by atoms with Crippen molar-refractivity contribution in [2.45, 2.75) is 58.5 Å². The number of carbonyl (C=O) groups is 1. The van der Waals surface area contributed by atoms with Gasteiger partial charge in [0.15, 0.2) is 0 Å². The summed E-state index contributed by atoms with van der Waals surface area (Å²) in [5.74, 6) is 3.15. The molecule has 5 unspecified atom stereocenters. The molecule has 0 amide bonds. The summed E-state index contributed by atoms with van der Waals surface area (Å²) in [7, 11) is 0. The third-order valence-corrected chi connectivity index (χ3v) is 5.90. The van der Waals surface area contributed by atoms with Crippen LogP contribution >= 0.6 is 0 Å². The molecule has 0 aliphatic heterocycles. The molecule has 0 aromatic heterocycles. The molecule has 0 heterocycles. The predicted molar refractivity (Wildman–Crippen MR) is 83.9 cm³/mol.